The maximum atomic E-state index is 12.9. The van der Waals surface area contributed by atoms with Crippen molar-refractivity contribution in [2.45, 2.75) is 32.3 Å². The lowest BCUT2D eigenvalue weighted by molar-refractivity contribution is 0.102. The van der Waals surface area contributed by atoms with Gasteiger partial charge in [0.1, 0.15) is 5.69 Å². The molecule has 3 amide bonds. The van der Waals surface area contributed by atoms with Crippen molar-refractivity contribution < 1.29 is 14.7 Å². The number of rotatable bonds is 7. The lowest BCUT2D eigenvalue weighted by atomic mass is 9.99. The van der Waals surface area contributed by atoms with Gasteiger partial charge in [0.15, 0.2) is 0 Å². The number of anilines is 2. The van der Waals surface area contributed by atoms with Crippen molar-refractivity contribution >= 4 is 23.3 Å². The Kier molecular flexibility index (Phi) is 6.79. The molecule has 8 heteroatoms. The highest BCUT2D eigenvalue weighted by molar-refractivity contribution is 6.05. The minimum absolute atomic E-state index is 0.111. The van der Waals surface area contributed by atoms with Gasteiger partial charge in [-0.2, -0.15) is 0 Å². The third-order valence-electron chi connectivity index (χ3n) is 5.88. The van der Waals surface area contributed by atoms with Crippen molar-refractivity contribution in [1.29, 1.82) is 0 Å². The molecule has 0 atom stereocenters. The van der Waals surface area contributed by atoms with E-state index in [0.717, 1.165) is 0 Å². The molecule has 0 saturated heterocycles. The zero-order valence-corrected chi connectivity index (χ0v) is 19.2. The van der Waals surface area contributed by atoms with E-state index >= 15 is 0 Å². The van der Waals surface area contributed by atoms with Crippen LogP contribution >= 0.6 is 0 Å². The summed E-state index contributed by atoms with van der Waals surface area (Å²) >= 11 is 0. The molecule has 176 valence electrons. The van der Waals surface area contributed by atoms with Crippen LogP contribution in [0.1, 0.15) is 47.2 Å². The Hall–Kier alpha value is -3.91. The maximum absolute atomic E-state index is 12.9. The summed E-state index contributed by atoms with van der Waals surface area (Å²) in [6.45, 7) is 1.88. The molecule has 0 unspecified atom stereocenters. The average Bonchev–Trinajstić information content (AvgIpc) is 3.67. The largest absolute Gasteiger partial charge is 0.392 e. The number of carbonyl (C=O) groups is 2. The van der Waals surface area contributed by atoms with Crippen LogP contribution in [0.2, 0.25) is 0 Å². The molecule has 1 saturated carbocycles. The van der Waals surface area contributed by atoms with Crippen LogP contribution in [-0.2, 0) is 13.7 Å². The Morgan fingerprint density at radius 2 is 1.79 bits per heavy atom. The van der Waals surface area contributed by atoms with Crippen molar-refractivity contribution in [2.75, 3.05) is 17.2 Å². The second kappa shape index (κ2) is 9.93. The molecule has 8 nitrogen and oxygen atoms in total. The van der Waals surface area contributed by atoms with Gasteiger partial charge in [-0.15, -0.1) is 0 Å². The summed E-state index contributed by atoms with van der Waals surface area (Å²) in [5, 5.41) is 18.2. The van der Waals surface area contributed by atoms with Crippen molar-refractivity contribution in [3.05, 3.63) is 81.8 Å². The van der Waals surface area contributed by atoms with E-state index in [1.54, 1.807) is 44.4 Å². The maximum Gasteiger partial charge on any atom is 0.319 e. The molecular formula is C26H28N4O4. The fourth-order valence-corrected chi connectivity index (χ4v) is 3.94. The molecule has 1 heterocycles. The monoisotopic (exact) mass is 460 g/mol. The van der Waals surface area contributed by atoms with Crippen LogP contribution in [0.4, 0.5) is 16.2 Å². The molecule has 1 aromatic heterocycles. The number of nitrogens with one attached hydrogen (secondary N) is 3. The van der Waals surface area contributed by atoms with Crippen LogP contribution in [-0.4, -0.2) is 28.2 Å². The minimum Gasteiger partial charge on any atom is -0.392 e. The SMILES string of the molecule is CCNC(=O)Nc1cc(-c2cccc(NC(=O)c3ccc(C4CC4)cc3)c2CO)cn(C)c1=O. The molecule has 0 spiro atoms. The summed E-state index contributed by atoms with van der Waals surface area (Å²) in [6, 6.07) is 14.0. The smallest absolute Gasteiger partial charge is 0.319 e. The summed E-state index contributed by atoms with van der Waals surface area (Å²) in [7, 11) is 1.59. The van der Waals surface area contributed by atoms with Gasteiger partial charge in [0.25, 0.3) is 11.5 Å². The number of aryl methyl sites for hydroxylation is 1. The molecule has 2 aromatic carbocycles. The number of aliphatic hydroxyl groups excluding tert-OH is 1. The highest BCUT2D eigenvalue weighted by Crippen LogP contribution is 2.40. The number of pyridine rings is 1. The average molecular weight is 461 g/mol. The van der Waals surface area contributed by atoms with Gasteiger partial charge in [-0.05, 0) is 61.1 Å². The molecule has 0 radical (unpaired) electrons. The first kappa shape index (κ1) is 23.3. The van der Waals surface area contributed by atoms with Gasteiger partial charge in [0.2, 0.25) is 0 Å². The zero-order valence-electron chi connectivity index (χ0n) is 19.2. The molecular weight excluding hydrogens is 432 g/mol. The number of amides is 3. The van der Waals surface area contributed by atoms with Gasteiger partial charge in [-0.3, -0.25) is 9.59 Å². The highest BCUT2D eigenvalue weighted by Gasteiger charge is 2.23. The van der Waals surface area contributed by atoms with Gasteiger partial charge in [-0.25, -0.2) is 4.79 Å². The summed E-state index contributed by atoms with van der Waals surface area (Å²) in [5.74, 6) is 0.345. The lowest BCUT2D eigenvalue weighted by Gasteiger charge is -2.16. The quantitative estimate of drug-likeness (QED) is 0.429. The zero-order chi connectivity index (χ0) is 24.2. The van der Waals surface area contributed by atoms with Gasteiger partial charge >= 0.3 is 6.03 Å². The first-order valence-electron chi connectivity index (χ1n) is 11.3. The van der Waals surface area contributed by atoms with Crippen LogP contribution in [0.15, 0.2) is 59.5 Å². The number of hydrogen-bond donors (Lipinski definition) is 4. The van der Waals surface area contributed by atoms with E-state index in [9.17, 15) is 19.5 Å². The second-order valence-corrected chi connectivity index (χ2v) is 8.38. The molecule has 4 rings (SSSR count). The third-order valence-corrected chi connectivity index (χ3v) is 5.88. The first-order chi connectivity index (χ1) is 16.4. The highest BCUT2D eigenvalue weighted by atomic mass is 16.3. The summed E-state index contributed by atoms with van der Waals surface area (Å²) < 4.78 is 1.37. The summed E-state index contributed by atoms with van der Waals surface area (Å²) in [5.41, 5.74) is 3.77. The number of urea groups is 1. The molecule has 0 bridgehead atoms. The normalized spacial score (nSPS) is 12.8. The van der Waals surface area contributed by atoms with Crippen LogP contribution < -0.4 is 21.5 Å². The van der Waals surface area contributed by atoms with Gasteiger partial charge < -0.3 is 25.6 Å². The third kappa shape index (κ3) is 5.02. The van der Waals surface area contributed by atoms with Gasteiger partial charge in [0, 0.05) is 42.2 Å². The van der Waals surface area contributed by atoms with Gasteiger partial charge in [-0.1, -0.05) is 24.3 Å². The van der Waals surface area contributed by atoms with Crippen LogP contribution in [0.3, 0.4) is 0 Å². The number of aromatic nitrogens is 1. The number of aliphatic hydroxyl groups is 1. The fraction of sp³-hybridized carbons (Fsp3) is 0.269. The van der Waals surface area contributed by atoms with Crippen LogP contribution in [0.25, 0.3) is 11.1 Å². The Balaban J connectivity index is 1.64. The number of hydrogen-bond acceptors (Lipinski definition) is 4. The van der Waals surface area contributed by atoms with E-state index < -0.39 is 6.03 Å². The number of benzene rings is 2. The Bertz CT molecular complexity index is 1280. The number of carbonyl (C=O) groups excluding carboxylic acids is 2. The molecule has 1 fully saturated rings. The molecule has 3 aromatic rings. The van der Waals surface area contributed by atoms with Crippen molar-refractivity contribution in [3.8, 4) is 11.1 Å². The van der Waals surface area contributed by atoms with Crippen molar-refractivity contribution in [1.82, 2.24) is 9.88 Å². The predicted molar refractivity (Wildman–Crippen MR) is 132 cm³/mol. The Morgan fingerprint density at radius 1 is 1.06 bits per heavy atom. The topological polar surface area (TPSA) is 112 Å². The second-order valence-electron chi connectivity index (χ2n) is 8.38. The molecule has 1 aliphatic rings. The minimum atomic E-state index is -0.479. The van der Waals surface area contributed by atoms with E-state index in [0.29, 0.717) is 40.4 Å². The van der Waals surface area contributed by atoms with E-state index in [1.165, 1.54) is 23.0 Å². The van der Waals surface area contributed by atoms with E-state index in [-0.39, 0.29) is 23.8 Å². The van der Waals surface area contributed by atoms with E-state index in [4.69, 9.17) is 0 Å². The Morgan fingerprint density at radius 3 is 2.44 bits per heavy atom. The number of nitrogens with zero attached hydrogens (tertiary/aromatic N) is 1. The molecule has 0 aliphatic heterocycles. The van der Waals surface area contributed by atoms with Crippen LogP contribution in [0.5, 0.6) is 0 Å². The summed E-state index contributed by atoms with van der Waals surface area (Å²) in [4.78, 5) is 37.3. The fourth-order valence-electron chi connectivity index (χ4n) is 3.94. The molecule has 34 heavy (non-hydrogen) atoms. The van der Waals surface area contributed by atoms with Crippen LogP contribution in [0, 0.1) is 0 Å². The summed E-state index contributed by atoms with van der Waals surface area (Å²) in [6.07, 6.45) is 4.02. The molecule has 1 aliphatic carbocycles. The standard InChI is InChI=1S/C26H28N4O4/c1-3-27-26(34)29-23-13-19(14-30(2)25(23)33)20-5-4-6-22(21(20)15-31)28-24(32)18-11-9-17(10-12-18)16-7-8-16/h4-6,9-14,16,31H,3,7-8,15H2,1-2H3,(H,28,32)(H2,27,29,34). The van der Waals surface area contributed by atoms with Gasteiger partial charge in [0.05, 0.1) is 6.61 Å². The first-order valence-corrected chi connectivity index (χ1v) is 11.3. The Labute approximate surface area is 197 Å². The predicted octanol–water partition coefficient (Wildman–Crippen LogP) is 3.82. The van der Waals surface area contributed by atoms with E-state index in [2.05, 4.69) is 16.0 Å². The van der Waals surface area contributed by atoms with E-state index in [1.807, 2.05) is 24.3 Å². The molecule has 4 N–H and O–H groups in total. The van der Waals surface area contributed by atoms with Crippen molar-refractivity contribution in [2.24, 2.45) is 7.05 Å². The van der Waals surface area contributed by atoms with Crippen molar-refractivity contribution in [3.63, 3.8) is 0 Å². The lowest BCUT2D eigenvalue weighted by Crippen LogP contribution is -2.32.